The first-order valence-corrected chi connectivity index (χ1v) is 3.58. The SMILES string of the molecule is CN(C)C(=O)NC(C)(C)CN. The van der Waals surface area contributed by atoms with E-state index in [2.05, 4.69) is 5.32 Å². The van der Waals surface area contributed by atoms with Crippen LogP contribution in [0.1, 0.15) is 13.8 Å². The van der Waals surface area contributed by atoms with Gasteiger partial charge in [0, 0.05) is 26.2 Å². The number of nitrogens with two attached hydrogens (primary N) is 1. The largest absolute Gasteiger partial charge is 0.332 e. The van der Waals surface area contributed by atoms with Crippen molar-refractivity contribution < 1.29 is 4.79 Å². The Hall–Kier alpha value is -0.770. The molecule has 0 aliphatic rings. The molecule has 0 spiro atoms. The minimum absolute atomic E-state index is 0.111. The summed E-state index contributed by atoms with van der Waals surface area (Å²) in [5.74, 6) is 0. The van der Waals surface area contributed by atoms with Crippen LogP contribution in [0.3, 0.4) is 0 Å². The highest BCUT2D eigenvalue weighted by Gasteiger charge is 2.18. The highest BCUT2D eigenvalue weighted by Crippen LogP contribution is 1.98. The van der Waals surface area contributed by atoms with Crippen molar-refractivity contribution in [1.29, 1.82) is 0 Å². The molecule has 0 aliphatic heterocycles. The fourth-order valence-corrected chi connectivity index (χ4v) is 0.452. The van der Waals surface area contributed by atoms with E-state index in [-0.39, 0.29) is 11.6 Å². The third-order valence-electron chi connectivity index (χ3n) is 1.36. The Kier molecular flexibility index (Phi) is 3.32. The van der Waals surface area contributed by atoms with Gasteiger partial charge in [-0.3, -0.25) is 0 Å². The van der Waals surface area contributed by atoms with Gasteiger partial charge >= 0.3 is 6.03 Å². The molecule has 0 atom stereocenters. The van der Waals surface area contributed by atoms with E-state index in [1.807, 2.05) is 13.8 Å². The molecule has 0 saturated heterocycles. The standard InChI is InChI=1S/C7H17N3O/c1-7(2,5-8)9-6(11)10(3)4/h5,8H2,1-4H3,(H,9,11). The van der Waals surface area contributed by atoms with Gasteiger partial charge in [-0.1, -0.05) is 0 Å². The summed E-state index contributed by atoms with van der Waals surface area (Å²) >= 11 is 0. The van der Waals surface area contributed by atoms with Crippen molar-refractivity contribution in [2.24, 2.45) is 5.73 Å². The zero-order valence-corrected chi connectivity index (χ0v) is 7.64. The van der Waals surface area contributed by atoms with Crippen LogP contribution in [0.4, 0.5) is 4.79 Å². The smallest absolute Gasteiger partial charge is 0.317 e. The fourth-order valence-electron chi connectivity index (χ4n) is 0.452. The second kappa shape index (κ2) is 3.57. The molecule has 0 heterocycles. The van der Waals surface area contributed by atoms with Gasteiger partial charge in [0.25, 0.3) is 0 Å². The molecule has 4 nitrogen and oxygen atoms in total. The second-order valence-corrected chi connectivity index (χ2v) is 3.41. The molecule has 0 bridgehead atoms. The number of nitrogens with one attached hydrogen (secondary N) is 1. The highest BCUT2D eigenvalue weighted by atomic mass is 16.2. The summed E-state index contributed by atoms with van der Waals surface area (Å²) in [7, 11) is 3.39. The maximum atomic E-state index is 11.1. The molecule has 11 heavy (non-hydrogen) atoms. The molecule has 0 fully saturated rings. The minimum atomic E-state index is -0.318. The monoisotopic (exact) mass is 159 g/mol. The molecule has 2 amide bonds. The topological polar surface area (TPSA) is 58.4 Å². The van der Waals surface area contributed by atoms with Crippen molar-refractivity contribution in [2.45, 2.75) is 19.4 Å². The lowest BCUT2D eigenvalue weighted by atomic mass is 10.1. The first-order chi connectivity index (χ1) is 4.89. The average molecular weight is 159 g/mol. The van der Waals surface area contributed by atoms with E-state index in [0.29, 0.717) is 6.54 Å². The summed E-state index contributed by atoms with van der Waals surface area (Å²) in [5, 5.41) is 2.77. The van der Waals surface area contributed by atoms with Crippen LogP contribution in [-0.4, -0.2) is 37.1 Å². The third-order valence-corrected chi connectivity index (χ3v) is 1.36. The summed E-state index contributed by atoms with van der Waals surface area (Å²) in [6.45, 7) is 4.20. The van der Waals surface area contributed by atoms with Crippen LogP contribution < -0.4 is 11.1 Å². The molecule has 0 aliphatic carbocycles. The van der Waals surface area contributed by atoms with Crippen LogP contribution in [-0.2, 0) is 0 Å². The fraction of sp³-hybridized carbons (Fsp3) is 0.857. The van der Waals surface area contributed by atoms with Crippen molar-refractivity contribution in [3.8, 4) is 0 Å². The summed E-state index contributed by atoms with van der Waals surface area (Å²) in [6.07, 6.45) is 0. The van der Waals surface area contributed by atoms with Crippen LogP contribution in [0, 0.1) is 0 Å². The lowest BCUT2D eigenvalue weighted by Crippen LogP contribution is -2.52. The number of carbonyl (C=O) groups is 1. The number of urea groups is 1. The quantitative estimate of drug-likeness (QED) is 0.595. The zero-order valence-electron chi connectivity index (χ0n) is 7.64. The first kappa shape index (κ1) is 10.2. The molecular weight excluding hydrogens is 142 g/mol. The van der Waals surface area contributed by atoms with Crippen LogP contribution in [0.15, 0.2) is 0 Å². The minimum Gasteiger partial charge on any atom is -0.332 e. The van der Waals surface area contributed by atoms with E-state index in [9.17, 15) is 4.79 Å². The molecule has 0 aromatic carbocycles. The summed E-state index contributed by atoms with van der Waals surface area (Å²) < 4.78 is 0. The number of hydrogen-bond acceptors (Lipinski definition) is 2. The molecule has 0 radical (unpaired) electrons. The summed E-state index contributed by atoms with van der Waals surface area (Å²) in [5.41, 5.74) is 5.10. The number of hydrogen-bond donors (Lipinski definition) is 2. The maximum absolute atomic E-state index is 11.1. The number of amides is 2. The molecule has 66 valence electrons. The van der Waals surface area contributed by atoms with E-state index < -0.39 is 0 Å². The Labute approximate surface area is 67.7 Å². The van der Waals surface area contributed by atoms with Crippen molar-refractivity contribution >= 4 is 6.03 Å². The predicted molar refractivity (Wildman–Crippen MR) is 45.4 cm³/mol. The van der Waals surface area contributed by atoms with Gasteiger partial charge in [-0.05, 0) is 13.8 Å². The molecule has 4 heteroatoms. The Bertz CT molecular complexity index is 143. The lowest BCUT2D eigenvalue weighted by molar-refractivity contribution is 0.206. The number of rotatable bonds is 2. The predicted octanol–water partition coefficient (Wildman–Crippen LogP) is -0.00510. The highest BCUT2D eigenvalue weighted by molar-refractivity contribution is 5.74. The third kappa shape index (κ3) is 3.83. The maximum Gasteiger partial charge on any atom is 0.317 e. The number of carbonyl (C=O) groups excluding carboxylic acids is 1. The van der Waals surface area contributed by atoms with Crippen LogP contribution in [0.2, 0.25) is 0 Å². The number of nitrogens with zero attached hydrogens (tertiary/aromatic N) is 1. The van der Waals surface area contributed by atoms with Gasteiger partial charge in [-0.2, -0.15) is 0 Å². The lowest BCUT2D eigenvalue weighted by Gasteiger charge is -2.26. The Balaban J connectivity index is 3.94. The van der Waals surface area contributed by atoms with E-state index in [0.717, 1.165) is 0 Å². The van der Waals surface area contributed by atoms with Gasteiger partial charge in [-0.15, -0.1) is 0 Å². The first-order valence-electron chi connectivity index (χ1n) is 3.58. The zero-order chi connectivity index (χ0) is 9.07. The molecule has 0 saturated carbocycles. The molecular formula is C7H17N3O. The molecule has 0 unspecified atom stereocenters. The van der Waals surface area contributed by atoms with E-state index in [1.54, 1.807) is 14.1 Å². The van der Waals surface area contributed by atoms with Crippen molar-refractivity contribution in [3.63, 3.8) is 0 Å². The summed E-state index contributed by atoms with van der Waals surface area (Å²) in [6, 6.07) is -0.111. The molecule has 3 N–H and O–H groups in total. The summed E-state index contributed by atoms with van der Waals surface area (Å²) in [4.78, 5) is 12.6. The van der Waals surface area contributed by atoms with Gasteiger partial charge in [0.2, 0.25) is 0 Å². The van der Waals surface area contributed by atoms with Crippen LogP contribution >= 0.6 is 0 Å². The average Bonchev–Trinajstić information content (AvgIpc) is 1.87. The van der Waals surface area contributed by atoms with Gasteiger partial charge in [0.15, 0.2) is 0 Å². The van der Waals surface area contributed by atoms with E-state index in [1.165, 1.54) is 4.90 Å². The van der Waals surface area contributed by atoms with Crippen molar-refractivity contribution in [1.82, 2.24) is 10.2 Å². The van der Waals surface area contributed by atoms with Gasteiger partial charge in [0.05, 0.1) is 0 Å². The molecule has 0 rings (SSSR count). The molecule has 0 aromatic heterocycles. The second-order valence-electron chi connectivity index (χ2n) is 3.41. The Morgan fingerprint density at radius 3 is 2.27 bits per heavy atom. The van der Waals surface area contributed by atoms with Gasteiger partial charge in [0.1, 0.15) is 0 Å². The van der Waals surface area contributed by atoms with Gasteiger partial charge < -0.3 is 16.0 Å². The van der Waals surface area contributed by atoms with Crippen molar-refractivity contribution in [2.75, 3.05) is 20.6 Å². The van der Waals surface area contributed by atoms with Crippen LogP contribution in [0.5, 0.6) is 0 Å². The Morgan fingerprint density at radius 2 is 2.00 bits per heavy atom. The Morgan fingerprint density at radius 1 is 1.55 bits per heavy atom. The van der Waals surface area contributed by atoms with Crippen molar-refractivity contribution in [3.05, 3.63) is 0 Å². The molecule has 0 aromatic rings. The van der Waals surface area contributed by atoms with Crippen LogP contribution in [0.25, 0.3) is 0 Å². The van der Waals surface area contributed by atoms with E-state index in [4.69, 9.17) is 5.73 Å². The van der Waals surface area contributed by atoms with E-state index >= 15 is 0 Å². The normalized spacial score (nSPS) is 11.0. The van der Waals surface area contributed by atoms with Gasteiger partial charge in [-0.25, -0.2) is 4.79 Å².